The normalized spacial score (nSPS) is 19.7. The van der Waals surface area contributed by atoms with Gasteiger partial charge in [0.05, 0.1) is 11.3 Å². The largest absolute Gasteiger partial charge is 0.369 e. The monoisotopic (exact) mass is 245 g/mol. The van der Waals surface area contributed by atoms with Gasteiger partial charge >= 0.3 is 0 Å². The van der Waals surface area contributed by atoms with Crippen LogP contribution in [0.1, 0.15) is 6.42 Å². The Morgan fingerprint density at radius 3 is 3.11 bits per heavy atom. The Kier molecular flexibility index (Phi) is 2.26. The highest BCUT2D eigenvalue weighted by molar-refractivity contribution is 6.04. The Morgan fingerprint density at radius 2 is 2.39 bits per heavy atom. The van der Waals surface area contributed by atoms with Crippen molar-refractivity contribution in [3.63, 3.8) is 0 Å². The second-order valence-corrected chi connectivity index (χ2v) is 4.25. The lowest BCUT2D eigenvalue weighted by molar-refractivity contribution is -0.123. The van der Waals surface area contributed by atoms with Gasteiger partial charge in [0.2, 0.25) is 11.8 Å². The minimum absolute atomic E-state index is 0.143. The number of primary amides is 1. The predicted molar refractivity (Wildman–Crippen MR) is 63.5 cm³/mol. The molecule has 18 heavy (non-hydrogen) atoms. The molecule has 0 bridgehead atoms. The van der Waals surface area contributed by atoms with E-state index < -0.39 is 11.8 Å². The molecular weight excluding hydrogens is 234 g/mol. The lowest BCUT2D eigenvalue weighted by atomic mass is 10.1. The van der Waals surface area contributed by atoms with Gasteiger partial charge in [0.15, 0.2) is 11.5 Å². The number of aromatic amines is 1. The number of nitrogens with two attached hydrogens (primary N) is 1. The lowest BCUT2D eigenvalue weighted by Crippen LogP contribution is -2.28. The minimum Gasteiger partial charge on any atom is -0.369 e. The first kappa shape index (κ1) is 10.7. The average molecular weight is 245 g/mol. The lowest BCUT2D eigenvalue weighted by Gasteiger charge is -2.12. The molecule has 3 heterocycles. The maximum Gasteiger partial charge on any atom is 0.229 e. The second kappa shape index (κ2) is 3.80. The molecule has 7 nitrogen and oxygen atoms in total. The molecule has 0 spiro atoms. The molecule has 0 saturated carbocycles. The van der Waals surface area contributed by atoms with Crippen molar-refractivity contribution in [2.45, 2.75) is 6.42 Å². The summed E-state index contributed by atoms with van der Waals surface area (Å²) in [4.78, 5) is 28.6. The van der Waals surface area contributed by atoms with E-state index in [1.807, 2.05) is 6.07 Å². The highest BCUT2D eigenvalue weighted by atomic mass is 16.2. The molecule has 1 atom stereocenters. The van der Waals surface area contributed by atoms with E-state index in [2.05, 4.69) is 15.2 Å². The first-order valence-corrected chi connectivity index (χ1v) is 5.55. The van der Waals surface area contributed by atoms with Gasteiger partial charge in [0, 0.05) is 19.2 Å². The third kappa shape index (κ3) is 1.52. The van der Waals surface area contributed by atoms with Crippen molar-refractivity contribution in [1.82, 2.24) is 15.2 Å². The Balaban J connectivity index is 2.00. The highest BCUT2D eigenvalue weighted by Gasteiger charge is 2.35. The number of aromatic nitrogens is 3. The van der Waals surface area contributed by atoms with E-state index in [1.54, 1.807) is 12.3 Å². The molecule has 2 amide bonds. The van der Waals surface area contributed by atoms with Crippen LogP contribution in [0.15, 0.2) is 18.3 Å². The van der Waals surface area contributed by atoms with Gasteiger partial charge in [-0.05, 0) is 12.1 Å². The zero-order chi connectivity index (χ0) is 12.7. The Labute approximate surface area is 102 Å². The Hall–Kier alpha value is -2.44. The Morgan fingerprint density at radius 1 is 1.56 bits per heavy atom. The van der Waals surface area contributed by atoms with Crippen molar-refractivity contribution in [2.75, 3.05) is 11.4 Å². The number of fused-ring (bicyclic) bond motifs is 1. The molecule has 1 aliphatic rings. The second-order valence-electron chi connectivity index (χ2n) is 4.25. The number of hydrogen-bond acceptors (Lipinski definition) is 4. The van der Waals surface area contributed by atoms with Crippen LogP contribution in [0, 0.1) is 5.92 Å². The van der Waals surface area contributed by atoms with E-state index in [9.17, 15) is 9.59 Å². The SMILES string of the molecule is NC(=O)C1CC(=O)N(c2n[nH]c3ncccc23)C1. The molecule has 0 aromatic carbocycles. The van der Waals surface area contributed by atoms with Crippen LogP contribution in [0.2, 0.25) is 0 Å². The quantitative estimate of drug-likeness (QED) is 0.764. The molecule has 0 aliphatic carbocycles. The number of pyridine rings is 1. The van der Waals surface area contributed by atoms with Crippen molar-refractivity contribution in [3.05, 3.63) is 18.3 Å². The molecule has 0 radical (unpaired) electrons. The fourth-order valence-corrected chi connectivity index (χ4v) is 2.15. The van der Waals surface area contributed by atoms with Crippen molar-refractivity contribution >= 4 is 28.7 Å². The number of rotatable bonds is 2. The molecule has 1 unspecified atom stereocenters. The first-order valence-electron chi connectivity index (χ1n) is 5.55. The molecule has 1 saturated heterocycles. The number of H-pyrrole nitrogens is 1. The Bertz CT molecular complexity index is 635. The topological polar surface area (TPSA) is 105 Å². The van der Waals surface area contributed by atoms with Crippen LogP contribution in [0.5, 0.6) is 0 Å². The molecule has 1 aliphatic heterocycles. The van der Waals surface area contributed by atoms with Crippen LogP contribution in [0.25, 0.3) is 11.0 Å². The molecule has 92 valence electrons. The van der Waals surface area contributed by atoms with E-state index in [-0.39, 0.29) is 18.9 Å². The predicted octanol–water partition coefficient (Wildman–Crippen LogP) is -0.204. The zero-order valence-corrected chi connectivity index (χ0v) is 9.46. The van der Waals surface area contributed by atoms with E-state index in [0.717, 1.165) is 5.39 Å². The maximum atomic E-state index is 11.9. The molecule has 2 aromatic rings. The van der Waals surface area contributed by atoms with Crippen molar-refractivity contribution in [2.24, 2.45) is 11.7 Å². The van der Waals surface area contributed by atoms with Crippen molar-refractivity contribution < 1.29 is 9.59 Å². The summed E-state index contributed by atoms with van der Waals surface area (Å²) in [6.45, 7) is 0.281. The van der Waals surface area contributed by atoms with Crippen molar-refractivity contribution in [3.8, 4) is 0 Å². The smallest absolute Gasteiger partial charge is 0.229 e. The van der Waals surface area contributed by atoms with Crippen LogP contribution in [-0.2, 0) is 9.59 Å². The summed E-state index contributed by atoms with van der Waals surface area (Å²) in [7, 11) is 0. The number of nitrogens with zero attached hydrogens (tertiary/aromatic N) is 3. The van der Waals surface area contributed by atoms with E-state index in [4.69, 9.17) is 5.73 Å². The van der Waals surface area contributed by atoms with Crippen LogP contribution in [0.4, 0.5) is 5.82 Å². The van der Waals surface area contributed by atoms with Crippen LogP contribution in [-0.4, -0.2) is 33.5 Å². The first-order chi connectivity index (χ1) is 8.66. The van der Waals surface area contributed by atoms with Crippen LogP contribution in [0.3, 0.4) is 0 Å². The number of anilines is 1. The molecule has 7 heteroatoms. The van der Waals surface area contributed by atoms with Gasteiger partial charge in [-0.2, -0.15) is 5.10 Å². The van der Waals surface area contributed by atoms with Gasteiger partial charge in [-0.15, -0.1) is 0 Å². The summed E-state index contributed by atoms with van der Waals surface area (Å²) in [5.41, 5.74) is 5.84. The van der Waals surface area contributed by atoms with Gasteiger partial charge in [-0.1, -0.05) is 0 Å². The summed E-state index contributed by atoms with van der Waals surface area (Å²) in [6.07, 6.45) is 1.78. The number of nitrogens with one attached hydrogen (secondary N) is 1. The van der Waals surface area contributed by atoms with Gasteiger partial charge in [0.1, 0.15) is 0 Å². The number of carbonyl (C=O) groups is 2. The zero-order valence-electron chi connectivity index (χ0n) is 9.46. The number of hydrogen-bond donors (Lipinski definition) is 2. The third-order valence-corrected chi connectivity index (χ3v) is 3.10. The van der Waals surface area contributed by atoms with E-state index >= 15 is 0 Å². The molecule has 2 aromatic heterocycles. The standard InChI is InChI=1S/C11H11N5O2/c12-9(18)6-4-8(17)16(5-6)11-7-2-1-3-13-10(7)14-15-11/h1-3,6H,4-5H2,(H2,12,18)(H,13,14,15). The van der Waals surface area contributed by atoms with Gasteiger partial charge < -0.3 is 5.73 Å². The molecule has 3 rings (SSSR count). The van der Waals surface area contributed by atoms with Gasteiger partial charge in [0.25, 0.3) is 0 Å². The van der Waals surface area contributed by atoms with Gasteiger partial charge in [-0.25, -0.2) is 4.98 Å². The highest BCUT2D eigenvalue weighted by Crippen LogP contribution is 2.28. The fourth-order valence-electron chi connectivity index (χ4n) is 2.15. The summed E-state index contributed by atoms with van der Waals surface area (Å²) in [5.74, 6) is -0.535. The molecule has 3 N–H and O–H groups in total. The van der Waals surface area contributed by atoms with E-state index in [0.29, 0.717) is 11.5 Å². The van der Waals surface area contributed by atoms with Gasteiger partial charge in [-0.3, -0.25) is 19.6 Å². The summed E-state index contributed by atoms with van der Waals surface area (Å²) >= 11 is 0. The summed E-state index contributed by atoms with van der Waals surface area (Å²) < 4.78 is 0. The number of amides is 2. The third-order valence-electron chi connectivity index (χ3n) is 3.10. The average Bonchev–Trinajstić information content (AvgIpc) is 2.92. The summed E-state index contributed by atoms with van der Waals surface area (Å²) in [5, 5.41) is 7.61. The fraction of sp³-hybridized carbons (Fsp3) is 0.273. The molecule has 1 fully saturated rings. The van der Waals surface area contributed by atoms with Crippen molar-refractivity contribution in [1.29, 1.82) is 0 Å². The molecular formula is C11H11N5O2. The number of carbonyl (C=O) groups excluding carboxylic acids is 2. The van der Waals surface area contributed by atoms with Crippen LogP contribution >= 0.6 is 0 Å². The minimum atomic E-state index is -0.455. The maximum absolute atomic E-state index is 11.9. The van der Waals surface area contributed by atoms with E-state index in [1.165, 1.54) is 4.90 Å². The summed E-state index contributed by atoms with van der Waals surface area (Å²) in [6, 6.07) is 3.60. The van der Waals surface area contributed by atoms with Crippen LogP contribution < -0.4 is 10.6 Å².